The number of ether oxygens (including phenoxy) is 4. The van der Waals surface area contributed by atoms with Gasteiger partial charge in [-0.2, -0.15) is 8.42 Å². The van der Waals surface area contributed by atoms with E-state index in [0.717, 1.165) is 61.7 Å². The number of phenolic OH excluding ortho intramolecular Hbond substituents is 1. The number of benzene rings is 6. The molecule has 0 saturated carbocycles. The van der Waals surface area contributed by atoms with E-state index in [0.29, 0.717) is 65.6 Å². The van der Waals surface area contributed by atoms with Crippen molar-refractivity contribution in [2.75, 3.05) is 20.5 Å². The number of fused-ring (bicyclic) bond motifs is 3. The Balaban J connectivity index is 0.000000159. The molecule has 1 aliphatic rings. The Morgan fingerprint density at radius 3 is 1.40 bits per heavy atom. The Morgan fingerprint density at radius 2 is 0.957 bits per heavy atom. The van der Waals surface area contributed by atoms with Crippen molar-refractivity contribution in [1.29, 1.82) is 0 Å². The van der Waals surface area contributed by atoms with E-state index in [-0.39, 0.29) is 75.8 Å². The van der Waals surface area contributed by atoms with Gasteiger partial charge in [0.25, 0.3) is 0 Å². The average molecular weight is 1280 g/mol. The van der Waals surface area contributed by atoms with Crippen molar-refractivity contribution in [2.45, 2.75) is 72.7 Å². The minimum atomic E-state index is -3.90. The number of aliphatic hydroxyl groups excluding tert-OH is 1. The Bertz CT molecular complexity index is 4460. The van der Waals surface area contributed by atoms with Crippen LogP contribution in [0.4, 0.5) is 17.6 Å². The van der Waals surface area contributed by atoms with E-state index in [2.05, 4.69) is 19.9 Å². The van der Waals surface area contributed by atoms with Crippen LogP contribution in [-0.4, -0.2) is 89.0 Å². The van der Waals surface area contributed by atoms with Crippen LogP contribution in [-0.2, 0) is 68.0 Å². The fourth-order valence-corrected chi connectivity index (χ4v) is 10.2. The highest BCUT2D eigenvalue weighted by Gasteiger charge is 2.26. The number of halogens is 4. The minimum absolute atomic E-state index is 0.0132. The summed E-state index contributed by atoms with van der Waals surface area (Å²) in [4.78, 5) is 63.9. The van der Waals surface area contributed by atoms with Gasteiger partial charge in [-0.05, 0) is 194 Å². The van der Waals surface area contributed by atoms with Gasteiger partial charge in [0, 0.05) is 46.7 Å². The SMILES string of the molecule is CC(C)OC(=O)c1ncc(Cc2ccc(F)cc2)cc1CO.COC(=O)c1c(C)cc2cc(Cc3ccc(F)cc3)cnc2c1O.COC(=O)c1c(C)cc2cc(Cc3ccc(F)cc3)cnc2c1OS(C)(=O)=O.O=C1OCc2cc(Cc3ccc(F)cc3)cnc21. The van der Waals surface area contributed by atoms with Crippen LogP contribution < -0.4 is 4.18 Å². The first-order chi connectivity index (χ1) is 43.9. The summed E-state index contributed by atoms with van der Waals surface area (Å²) in [5.41, 5.74) is 11.0. The number of esters is 4. The molecular weight excluding hydrogens is 1210 g/mol. The van der Waals surface area contributed by atoms with Gasteiger partial charge >= 0.3 is 34.0 Å². The monoisotopic (exact) mass is 1270 g/mol. The van der Waals surface area contributed by atoms with Crippen molar-refractivity contribution in [3.05, 3.63) is 271 Å². The summed E-state index contributed by atoms with van der Waals surface area (Å²) < 4.78 is 99.7. The number of pyridine rings is 4. The lowest BCUT2D eigenvalue weighted by Gasteiger charge is -2.14. The summed E-state index contributed by atoms with van der Waals surface area (Å²) in [6.07, 6.45) is 9.40. The molecule has 11 rings (SSSR count). The normalized spacial score (nSPS) is 11.5. The largest absolute Gasteiger partial charge is 0.505 e. The highest BCUT2D eigenvalue weighted by atomic mass is 32.2. The van der Waals surface area contributed by atoms with Crippen LogP contribution in [0.1, 0.15) is 122 Å². The molecule has 1 aliphatic heterocycles. The summed E-state index contributed by atoms with van der Waals surface area (Å²) in [6.45, 7) is 6.88. The smallest absolute Gasteiger partial charge is 0.357 e. The van der Waals surface area contributed by atoms with Crippen LogP contribution in [0.5, 0.6) is 11.5 Å². The summed E-state index contributed by atoms with van der Waals surface area (Å²) in [7, 11) is -1.42. The van der Waals surface area contributed by atoms with Crippen LogP contribution in [0.2, 0.25) is 0 Å². The number of cyclic esters (lactones) is 1. The van der Waals surface area contributed by atoms with Gasteiger partial charge in [0.2, 0.25) is 0 Å². The third-order valence-electron chi connectivity index (χ3n) is 14.0. The number of carbonyl (C=O) groups is 4. The Hall–Kier alpha value is -10.5. The van der Waals surface area contributed by atoms with E-state index in [1.807, 2.05) is 18.2 Å². The number of carbonyl (C=O) groups excluding carboxylic acids is 4. The lowest BCUT2D eigenvalue weighted by Crippen LogP contribution is -2.15. The highest BCUT2D eigenvalue weighted by Crippen LogP contribution is 2.35. The van der Waals surface area contributed by atoms with Gasteiger partial charge in [-0.1, -0.05) is 48.5 Å². The van der Waals surface area contributed by atoms with E-state index >= 15 is 0 Å². The second-order valence-corrected chi connectivity index (χ2v) is 23.1. The molecular formula is C70H62F4N4O13S. The lowest BCUT2D eigenvalue weighted by atomic mass is 10.0. The van der Waals surface area contributed by atoms with E-state index < -0.39 is 28.0 Å². The molecule has 0 saturated heterocycles. The van der Waals surface area contributed by atoms with Gasteiger partial charge in [0.15, 0.2) is 22.9 Å². The maximum absolute atomic E-state index is 13.1. The minimum Gasteiger partial charge on any atom is -0.505 e. The Kier molecular flexibility index (Phi) is 22.3. The molecule has 474 valence electrons. The summed E-state index contributed by atoms with van der Waals surface area (Å²) >= 11 is 0. The molecule has 6 aromatic carbocycles. The number of aromatic hydroxyl groups is 1. The fraction of sp³-hybridized carbons (Fsp3) is 0.200. The molecule has 0 bridgehead atoms. The van der Waals surface area contributed by atoms with E-state index in [4.69, 9.17) is 23.1 Å². The van der Waals surface area contributed by atoms with Crippen molar-refractivity contribution in [3.63, 3.8) is 0 Å². The third-order valence-corrected chi connectivity index (χ3v) is 14.5. The molecule has 10 aromatic rings. The number of hydrogen-bond acceptors (Lipinski definition) is 17. The van der Waals surface area contributed by atoms with E-state index in [1.165, 1.54) is 62.8 Å². The predicted octanol–water partition coefficient (Wildman–Crippen LogP) is 12.5. The number of hydrogen-bond donors (Lipinski definition) is 2. The molecule has 0 spiro atoms. The number of aryl methyl sites for hydroxylation is 2. The van der Waals surface area contributed by atoms with Crippen molar-refractivity contribution in [1.82, 2.24) is 19.9 Å². The summed E-state index contributed by atoms with van der Waals surface area (Å²) in [5, 5.41) is 21.1. The zero-order valence-corrected chi connectivity index (χ0v) is 51.7. The molecule has 22 heteroatoms. The molecule has 5 heterocycles. The van der Waals surface area contributed by atoms with E-state index in [1.54, 1.807) is 119 Å². The van der Waals surface area contributed by atoms with Crippen LogP contribution >= 0.6 is 0 Å². The molecule has 0 aliphatic carbocycles. The zero-order valence-electron chi connectivity index (χ0n) is 50.9. The third kappa shape index (κ3) is 17.9. The van der Waals surface area contributed by atoms with Crippen LogP contribution in [0.25, 0.3) is 21.8 Å². The summed E-state index contributed by atoms with van der Waals surface area (Å²) in [6, 6.07) is 35.8. The van der Waals surface area contributed by atoms with Crippen LogP contribution in [0, 0.1) is 37.1 Å². The van der Waals surface area contributed by atoms with Gasteiger partial charge in [-0.15, -0.1) is 0 Å². The van der Waals surface area contributed by atoms with Crippen molar-refractivity contribution < 1.29 is 78.5 Å². The average Bonchev–Trinajstić information content (AvgIpc) is 0.932. The second kappa shape index (κ2) is 30.4. The summed E-state index contributed by atoms with van der Waals surface area (Å²) in [5.74, 6) is -3.66. The maximum Gasteiger partial charge on any atom is 0.357 e. The molecule has 0 unspecified atom stereocenters. The van der Waals surface area contributed by atoms with Gasteiger partial charge in [0.05, 0.1) is 33.2 Å². The molecule has 4 aromatic heterocycles. The first-order valence-electron chi connectivity index (χ1n) is 28.4. The predicted molar refractivity (Wildman–Crippen MR) is 334 cm³/mol. The van der Waals surface area contributed by atoms with E-state index in [9.17, 15) is 55.4 Å². The van der Waals surface area contributed by atoms with Gasteiger partial charge in [-0.25, -0.2) is 46.7 Å². The molecule has 17 nitrogen and oxygen atoms in total. The highest BCUT2D eigenvalue weighted by molar-refractivity contribution is 7.86. The number of methoxy groups -OCH3 is 2. The number of aliphatic hydroxyl groups is 1. The second-order valence-electron chi connectivity index (χ2n) is 21.5. The number of phenols is 1. The molecule has 0 atom stereocenters. The molecule has 92 heavy (non-hydrogen) atoms. The van der Waals surface area contributed by atoms with Gasteiger partial charge in [0.1, 0.15) is 52.0 Å². The quantitative estimate of drug-likeness (QED) is 0.0420. The molecule has 0 fully saturated rings. The number of nitrogens with zero attached hydrogens (tertiary/aromatic N) is 4. The Labute approximate surface area is 527 Å². The first-order valence-corrected chi connectivity index (χ1v) is 30.2. The molecule has 2 N–H and O–H groups in total. The van der Waals surface area contributed by atoms with Gasteiger partial charge < -0.3 is 33.3 Å². The van der Waals surface area contributed by atoms with Crippen LogP contribution in [0.15, 0.2) is 158 Å². The standard InChI is InChI=1S/C20H18FNO5S.C19H16FNO3.C17H18FNO3.C14H10FNO2/c1-12-8-15-10-14(9-13-4-6-16(21)7-5-13)11-22-18(15)19(27-28(3,24)25)17(12)20(23)26-2;1-11-7-14-9-13(8-12-3-5-15(20)6-4-12)10-21-17(14)18(22)16(11)19(23)24-2;1-11(2)22-17(21)16-14(10-20)8-13(9-19-16)7-12-3-5-15(18)6-4-12;15-12-3-1-9(2-4-12)5-10-6-11-8-18-14(17)13(11)16-7-10/h4-8,10-11H,9H2,1-3H3;3-7,9-10,22H,8H2,1-2H3;3-6,8-9,11,20H,7,10H2,1-2H3;1-4,6-7H,5,8H2. The number of aromatic nitrogens is 4. The first kappa shape index (κ1) is 67.5. The lowest BCUT2D eigenvalue weighted by molar-refractivity contribution is 0.0365. The maximum atomic E-state index is 13.1. The molecule has 0 amide bonds. The van der Waals surface area contributed by atoms with Crippen molar-refractivity contribution >= 4 is 55.8 Å². The van der Waals surface area contributed by atoms with Crippen molar-refractivity contribution in [3.8, 4) is 11.5 Å². The molecule has 0 radical (unpaired) electrons. The number of rotatable bonds is 15. The Morgan fingerprint density at radius 1 is 0.554 bits per heavy atom. The topological polar surface area (TPSA) is 241 Å². The fourth-order valence-electron chi connectivity index (χ4n) is 9.76. The van der Waals surface area contributed by atoms with Crippen molar-refractivity contribution in [2.24, 2.45) is 0 Å². The zero-order chi connectivity index (χ0) is 66.4. The van der Waals surface area contributed by atoms with Gasteiger partial charge in [-0.3, -0.25) is 9.97 Å². The van der Waals surface area contributed by atoms with Crippen LogP contribution in [0.3, 0.4) is 0 Å².